The van der Waals surface area contributed by atoms with E-state index in [2.05, 4.69) is 5.92 Å². The highest BCUT2D eigenvalue weighted by Gasteiger charge is 2.15. The summed E-state index contributed by atoms with van der Waals surface area (Å²) in [6.45, 7) is 1.87. The van der Waals surface area contributed by atoms with Crippen molar-refractivity contribution < 1.29 is 19.4 Å². The molecule has 0 bridgehead atoms. The summed E-state index contributed by atoms with van der Waals surface area (Å²) in [6, 6.07) is 0. The molecule has 0 aliphatic carbocycles. The van der Waals surface area contributed by atoms with Crippen molar-refractivity contribution >= 4 is 11.9 Å². The minimum Gasteiger partial charge on any atom is -0.480 e. The fourth-order valence-corrected chi connectivity index (χ4v) is 0.901. The van der Waals surface area contributed by atoms with E-state index in [4.69, 9.17) is 16.3 Å². The van der Waals surface area contributed by atoms with Crippen LogP contribution in [0, 0.1) is 12.3 Å². The quantitative estimate of drug-likeness (QED) is 0.476. The third-order valence-corrected chi connectivity index (χ3v) is 1.53. The number of rotatable bonds is 7. The van der Waals surface area contributed by atoms with Crippen LogP contribution in [-0.2, 0) is 14.3 Å². The van der Waals surface area contributed by atoms with E-state index in [0.717, 1.165) is 11.3 Å². The van der Waals surface area contributed by atoms with E-state index in [1.165, 1.54) is 0 Å². The first-order valence-electron chi connectivity index (χ1n) is 4.62. The predicted octanol–water partition coefficient (Wildman–Crippen LogP) is -0.0406. The Labute approximate surface area is 89.0 Å². The number of ether oxygens (including phenoxy) is 1. The van der Waals surface area contributed by atoms with Crippen molar-refractivity contribution in [2.45, 2.75) is 13.3 Å². The molecule has 1 N–H and O–H groups in total. The molecule has 0 fully saturated rings. The van der Waals surface area contributed by atoms with Crippen LogP contribution in [0.2, 0.25) is 0 Å². The first kappa shape index (κ1) is 13.5. The van der Waals surface area contributed by atoms with Crippen molar-refractivity contribution in [3.8, 4) is 12.3 Å². The lowest BCUT2D eigenvalue weighted by atomic mass is 10.4. The van der Waals surface area contributed by atoms with Crippen molar-refractivity contribution in [2.75, 3.05) is 26.3 Å². The zero-order chi connectivity index (χ0) is 11.7. The highest BCUT2D eigenvalue weighted by Crippen LogP contribution is 1.91. The van der Waals surface area contributed by atoms with Gasteiger partial charge in [0.2, 0.25) is 5.91 Å². The maximum Gasteiger partial charge on any atom is 0.323 e. The van der Waals surface area contributed by atoms with Gasteiger partial charge in [-0.2, -0.15) is 0 Å². The van der Waals surface area contributed by atoms with E-state index < -0.39 is 18.4 Å². The van der Waals surface area contributed by atoms with Gasteiger partial charge in [0, 0.05) is 6.61 Å². The SMILES string of the molecule is C#CCN(CC(=O)O)C(=O)COCCC. The summed E-state index contributed by atoms with van der Waals surface area (Å²) in [5, 5.41) is 8.53. The number of hydrogen-bond acceptors (Lipinski definition) is 3. The molecule has 0 atom stereocenters. The van der Waals surface area contributed by atoms with Gasteiger partial charge in [-0.1, -0.05) is 12.8 Å². The minimum absolute atomic E-state index is 0.0133. The highest BCUT2D eigenvalue weighted by atomic mass is 16.5. The Balaban J connectivity index is 4.05. The Kier molecular flexibility index (Phi) is 7.02. The number of carbonyl (C=O) groups is 2. The molecule has 0 radical (unpaired) electrons. The second-order valence-electron chi connectivity index (χ2n) is 2.90. The molecular weight excluding hydrogens is 198 g/mol. The van der Waals surface area contributed by atoms with Gasteiger partial charge in [-0.05, 0) is 6.42 Å². The third-order valence-electron chi connectivity index (χ3n) is 1.53. The van der Waals surface area contributed by atoms with Crippen LogP contribution in [0.25, 0.3) is 0 Å². The molecule has 0 aliphatic rings. The van der Waals surface area contributed by atoms with Gasteiger partial charge in [-0.25, -0.2) is 0 Å². The van der Waals surface area contributed by atoms with Crippen LogP contribution < -0.4 is 0 Å². The number of nitrogens with zero attached hydrogens (tertiary/aromatic N) is 1. The van der Waals surface area contributed by atoms with Crippen LogP contribution in [0.15, 0.2) is 0 Å². The molecule has 15 heavy (non-hydrogen) atoms. The van der Waals surface area contributed by atoms with Crippen molar-refractivity contribution in [3.63, 3.8) is 0 Å². The zero-order valence-corrected chi connectivity index (χ0v) is 8.73. The van der Waals surface area contributed by atoms with Crippen LogP contribution in [-0.4, -0.2) is 48.2 Å². The Bertz CT molecular complexity index is 257. The van der Waals surface area contributed by atoms with Crippen molar-refractivity contribution in [3.05, 3.63) is 0 Å². The predicted molar refractivity (Wildman–Crippen MR) is 54.2 cm³/mol. The molecule has 84 valence electrons. The molecule has 5 nitrogen and oxygen atoms in total. The van der Waals surface area contributed by atoms with Gasteiger partial charge in [-0.15, -0.1) is 6.42 Å². The van der Waals surface area contributed by atoms with Crippen molar-refractivity contribution in [1.82, 2.24) is 4.90 Å². The van der Waals surface area contributed by atoms with E-state index in [-0.39, 0.29) is 13.2 Å². The smallest absolute Gasteiger partial charge is 0.323 e. The molecule has 0 saturated carbocycles. The Hall–Kier alpha value is -1.54. The summed E-state index contributed by atoms with van der Waals surface area (Å²) < 4.78 is 5.00. The molecule has 0 heterocycles. The topological polar surface area (TPSA) is 66.8 Å². The molecule has 5 heteroatoms. The second kappa shape index (κ2) is 7.83. The molecule has 0 saturated heterocycles. The van der Waals surface area contributed by atoms with Crippen molar-refractivity contribution in [1.29, 1.82) is 0 Å². The summed E-state index contributed by atoms with van der Waals surface area (Å²) >= 11 is 0. The molecular formula is C10H15NO4. The molecule has 0 aromatic heterocycles. The number of amides is 1. The molecule has 0 aliphatic heterocycles. The van der Waals surface area contributed by atoms with E-state index in [1.807, 2.05) is 6.92 Å². The largest absolute Gasteiger partial charge is 0.480 e. The van der Waals surface area contributed by atoms with Gasteiger partial charge < -0.3 is 14.7 Å². The van der Waals surface area contributed by atoms with Gasteiger partial charge in [0.05, 0.1) is 6.54 Å². The zero-order valence-electron chi connectivity index (χ0n) is 8.73. The van der Waals surface area contributed by atoms with Gasteiger partial charge in [0.1, 0.15) is 13.2 Å². The van der Waals surface area contributed by atoms with E-state index in [1.54, 1.807) is 0 Å². The van der Waals surface area contributed by atoms with Gasteiger partial charge in [0.15, 0.2) is 0 Å². The summed E-state index contributed by atoms with van der Waals surface area (Å²) in [6.07, 6.45) is 5.83. The van der Waals surface area contributed by atoms with E-state index >= 15 is 0 Å². The van der Waals surface area contributed by atoms with Gasteiger partial charge >= 0.3 is 5.97 Å². The summed E-state index contributed by atoms with van der Waals surface area (Å²) in [4.78, 5) is 22.9. The molecule has 1 amide bonds. The Morgan fingerprint density at radius 2 is 2.20 bits per heavy atom. The first-order chi connectivity index (χ1) is 7.11. The van der Waals surface area contributed by atoms with Crippen LogP contribution in [0.4, 0.5) is 0 Å². The Morgan fingerprint density at radius 1 is 1.53 bits per heavy atom. The Morgan fingerprint density at radius 3 is 2.67 bits per heavy atom. The average molecular weight is 213 g/mol. The molecule has 0 rings (SSSR count). The number of carboxylic acids is 1. The summed E-state index contributed by atoms with van der Waals surface area (Å²) in [7, 11) is 0. The summed E-state index contributed by atoms with van der Waals surface area (Å²) in [5.41, 5.74) is 0. The maximum absolute atomic E-state index is 11.4. The lowest BCUT2D eigenvalue weighted by molar-refractivity contribution is -0.145. The molecule has 0 aromatic rings. The molecule has 0 spiro atoms. The fraction of sp³-hybridized carbons (Fsp3) is 0.600. The van der Waals surface area contributed by atoms with Crippen LogP contribution in [0.5, 0.6) is 0 Å². The van der Waals surface area contributed by atoms with Gasteiger partial charge in [-0.3, -0.25) is 9.59 Å². The minimum atomic E-state index is -1.09. The monoisotopic (exact) mass is 213 g/mol. The summed E-state index contributed by atoms with van der Waals surface area (Å²) in [5.74, 6) is 0.743. The van der Waals surface area contributed by atoms with Gasteiger partial charge in [0.25, 0.3) is 0 Å². The van der Waals surface area contributed by atoms with E-state index in [9.17, 15) is 9.59 Å². The van der Waals surface area contributed by atoms with Crippen LogP contribution in [0.1, 0.15) is 13.3 Å². The molecule has 0 aromatic carbocycles. The highest BCUT2D eigenvalue weighted by molar-refractivity contribution is 5.82. The number of terminal acetylenes is 1. The molecule has 0 unspecified atom stereocenters. The maximum atomic E-state index is 11.4. The number of carbonyl (C=O) groups excluding carboxylic acids is 1. The first-order valence-corrected chi connectivity index (χ1v) is 4.62. The third kappa shape index (κ3) is 6.52. The second-order valence-corrected chi connectivity index (χ2v) is 2.90. The van der Waals surface area contributed by atoms with Crippen LogP contribution >= 0.6 is 0 Å². The van der Waals surface area contributed by atoms with Crippen LogP contribution in [0.3, 0.4) is 0 Å². The fourth-order valence-electron chi connectivity index (χ4n) is 0.901. The normalized spacial score (nSPS) is 9.33. The lowest BCUT2D eigenvalue weighted by Gasteiger charge is -2.17. The number of aliphatic carboxylic acids is 1. The number of hydrogen-bond donors (Lipinski definition) is 1. The average Bonchev–Trinajstić information content (AvgIpc) is 2.17. The van der Waals surface area contributed by atoms with E-state index in [0.29, 0.717) is 6.61 Å². The standard InChI is InChI=1S/C10H15NO4/c1-3-5-11(7-10(13)14)9(12)8-15-6-4-2/h1H,4-8H2,2H3,(H,13,14). The number of carboxylic acid groups (broad SMARTS) is 1. The van der Waals surface area contributed by atoms with Crippen molar-refractivity contribution in [2.24, 2.45) is 0 Å². The lowest BCUT2D eigenvalue weighted by Crippen LogP contribution is -2.38.